The van der Waals surface area contributed by atoms with Crippen LogP contribution in [0.3, 0.4) is 0 Å². The van der Waals surface area contributed by atoms with E-state index in [0.29, 0.717) is 36.8 Å². The Morgan fingerprint density at radius 1 is 1.23 bits per heavy atom. The SMILES string of the molecule is CC1=N/C(=C/c2cc(Br)cc(Br)c2OCCCNC(=O)OCc2ccccc2)C(=O)O1. The third kappa shape index (κ3) is 6.93. The van der Waals surface area contributed by atoms with Gasteiger partial charge in [0.2, 0.25) is 0 Å². The minimum Gasteiger partial charge on any atom is -0.492 e. The first-order chi connectivity index (χ1) is 14.9. The normalized spacial score (nSPS) is 14.2. The molecule has 0 aromatic heterocycles. The Morgan fingerprint density at radius 3 is 2.71 bits per heavy atom. The summed E-state index contributed by atoms with van der Waals surface area (Å²) in [6, 6.07) is 13.1. The van der Waals surface area contributed by atoms with Gasteiger partial charge in [-0.15, -0.1) is 0 Å². The predicted molar refractivity (Wildman–Crippen MR) is 124 cm³/mol. The number of benzene rings is 2. The monoisotopic (exact) mass is 550 g/mol. The smallest absolute Gasteiger partial charge is 0.407 e. The molecule has 0 fully saturated rings. The maximum atomic E-state index is 11.9. The second-order valence-electron chi connectivity index (χ2n) is 6.55. The zero-order chi connectivity index (χ0) is 22.2. The molecular weight excluding hydrogens is 532 g/mol. The standard InChI is InChI=1S/C22H20Br2N2O5/c1-14-26-19(21(27)31-14)11-16-10-17(23)12-18(24)20(16)29-9-5-8-25-22(28)30-13-15-6-3-2-4-7-15/h2-4,6-7,10-12H,5,8-9,13H2,1H3,(H,25,28)/b19-11+. The molecule has 9 heteroatoms. The lowest BCUT2D eigenvalue weighted by molar-refractivity contribution is -0.130. The highest BCUT2D eigenvalue weighted by Gasteiger charge is 2.21. The van der Waals surface area contributed by atoms with Crippen molar-refractivity contribution in [1.29, 1.82) is 0 Å². The first kappa shape index (κ1) is 23.0. The Labute approximate surface area is 196 Å². The van der Waals surface area contributed by atoms with Crippen LogP contribution in [-0.4, -0.2) is 31.1 Å². The minimum atomic E-state index is -0.502. The number of esters is 1. The third-order valence-corrected chi connectivity index (χ3v) is 5.15. The van der Waals surface area contributed by atoms with Gasteiger partial charge in [-0.2, -0.15) is 0 Å². The van der Waals surface area contributed by atoms with Gasteiger partial charge in [-0.3, -0.25) is 0 Å². The number of rotatable bonds is 8. The van der Waals surface area contributed by atoms with Crippen LogP contribution in [0, 0.1) is 0 Å². The average molecular weight is 552 g/mol. The number of alkyl carbamates (subject to hydrolysis) is 1. The van der Waals surface area contributed by atoms with E-state index in [4.69, 9.17) is 14.2 Å². The van der Waals surface area contributed by atoms with Crippen molar-refractivity contribution in [3.05, 3.63) is 68.2 Å². The molecule has 0 saturated carbocycles. The van der Waals surface area contributed by atoms with E-state index in [1.54, 1.807) is 13.0 Å². The molecule has 2 aromatic carbocycles. The molecule has 0 aliphatic carbocycles. The number of carbonyl (C=O) groups is 2. The van der Waals surface area contributed by atoms with Crippen molar-refractivity contribution in [2.24, 2.45) is 4.99 Å². The van der Waals surface area contributed by atoms with Gasteiger partial charge in [-0.1, -0.05) is 46.3 Å². The van der Waals surface area contributed by atoms with E-state index in [-0.39, 0.29) is 12.3 Å². The molecular formula is C22H20Br2N2O5. The van der Waals surface area contributed by atoms with Crippen molar-refractivity contribution in [3.8, 4) is 5.75 Å². The van der Waals surface area contributed by atoms with Crippen LogP contribution in [0.15, 0.2) is 62.1 Å². The van der Waals surface area contributed by atoms with Crippen molar-refractivity contribution in [3.63, 3.8) is 0 Å². The van der Waals surface area contributed by atoms with Gasteiger partial charge in [-0.05, 0) is 46.1 Å². The Morgan fingerprint density at radius 2 is 2.00 bits per heavy atom. The maximum absolute atomic E-state index is 11.9. The fraction of sp³-hybridized carbons (Fsp3) is 0.227. The molecule has 1 aliphatic heterocycles. The molecule has 1 amide bonds. The summed E-state index contributed by atoms with van der Waals surface area (Å²) >= 11 is 6.92. The number of ether oxygens (including phenoxy) is 3. The van der Waals surface area contributed by atoms with Gasteiger partial charge in [0.15, 0.2) is 11.6 Å². The lowest BCUT2D eigenvalue weighted by atomic mass is 10.1. The first-order valence-corrected chi connectivity index (χ1v) is 11.1. The number of carbonyl (C=O) groups excluding carboxylic acids is 2. The highest BCUT2D eigenvalue weighted by Crippen LogP contribution is 2.35. The highest BCUT2D eigenvalue weighted by molar-refractivity contribution is 9.11. The lowest BCUT2D eigenvalue weighted by Crippen LogP contribution is -2.26. The van der Waals surface area contributed by atoms with E-state index in [2.05, 4.69) is 42.2 Å². The Balaban J connectivity index is 1.51. The van der Waals surface area contributed by atoms with Crippen molar-refractivity contribution in [2.45, 2.75) is 20.0 Å². The van der Waals surface area contributed by atoms with Crippen LogP contribution in [0.5, 0.6) is 5.75 Å². The summed E-state index contributed by atoms with van der Waals surface area (Å²) in [4.78, 5) is 27.7. The molecule has 1 heterocycles. The van der Waals surface area contributed by atoms with Gasteiger partial charge in [-0.25, -0.2) is 14.6 Å². The van der Waals surface area contributed by atoms with E-state index in [1.165, 1.54) is 0 Å². The lowest BCUT2D eigenvalue weighted by Gasteiger charge is -2.13. The number of nitrogens with one attached hydrogen (secondary N) is 1. The summed E-state index contributed by atoms with van der Waals surface area (Å²) in [5.74, 6) is 0.366. The third-order valence-electron chi connectivity index (χ3n) is 4.11. The van der Waals surface area contributed by atoms with Gasteiger partial charge in [0.05, 0.1) is 11.1 Å². The van der Waals surface area contributed by atoms with Crippen LogP contribution in [-0.2, 0) is 20.9 Å². The molecule has 7 nitrogen and oxygen atoms in total. The fourth-order valence-corrected chi connectivity index (χ4v) is 4.09. The van der Waals surface area contributed by atoms with Gasteiger partial charge >= 0.3 is 12.1 Å². The quantitative estimate of drug-likeness (QED) is 0.276. The Bertz CT molecular complexity index is 1020. The van der Waals surface area contributed by atoms with E-state index in [9.17, 15) is 9.59 Å². The molecule has 0 saturated heterocycles. The Hall–Kier alpha value is -2.65. The van der Waals surface area contributed by atoms with Crippen molar-refractivity contribution < 1.29 is 23.8 Å². The van der Waals surface area contributed by atoms with Gasteiger partial charge in [0, 0.05) is 23.5 Å². The molecule has 31 heavy (non-hydrogen) atoms. The molecule has 2 aromatic rings. The second kappa shape index (κ2) is 11.1. The number of amides is 1. The van der Waals surface area contributed by atoms with E-state index >= 15 is 0 Å². The van der Waals surface area contributed by atoms with Gasteiger partial charge in [0.25, 0.3) is 0 Å². The van der Waals surface area contributed by atoms with Crippen LogP contribution in [0.1, 0.15) is 24.5 Å². The molecule has 0 spiro atoms. The highest BCUT2D eigenvalue weighted by atomic mass is 79.9. The summed E-state index contributed by atoms with van der Waals surface area (Å²) in [6.07, 6.45) is 1.70. The summed E-state index contributed by atoms with van der Waals surface area (Å²) < 4.78 is 17.6. The fourth-order valence-electron chi connectivity index (χ4n) is 2.71. The predicted octanol–water partition coefficient (Wildman–Crippen LogP) is 5.22. The topological polar surface area (TPSA) is 86.2 Å². The number of hydrogen-bond donors (Lipinski definition) is 1. The van der Waals surface area contributed by atoms with Crippen molar-refractivity contribution in [2.75, 3.05) is 13.2 Å². The average Bonchev–Trinajstić information content (AvgIpc) is 3.05. The van der Waals surface area contributed by atoms with Gasteiger partial charge < -0.3 is 19.5 Å². The van der Waals surface area contributed by atoms with Crippen molar-refractivity contribution in [1.82, 2.24) is 5.32 Å². The molecule has 1 N–H and O–H groups in total. The number of aliphatic imine (C=N–C) groups is 1. The molecule has 1 aliphatic rings. The Kier molecular flexibility index (Phi) is 8.25. The largest absolute Gasteiger partial charge is 0.492 e. The summed E-state index contributed by atoms with van der Waals surface area (Å²) in [5.41, 5.74) is 1.80. The molecule has 162 valence electrons. The van der Waals surface area contributed by atoms with E-state index in [0.717, 1.165) is 14.5 Å². The number of halogens is 2. The van der Waals surface area contributed by atoms with Crippen molar-refractivity contribution >= 4 is 55.9 Å². The van der Waals surface area contributed by atoms with Crippen LogP contribution < -0.4 is 10.1 Å². The van der Waals surface area contributed by atoms with Gasteiger partial charge in [0.1, 0.15) is 12.4 Å². The van der Waals surface area contributed by atoms with Crippen LogP contribution in [0.4, 0.5) is 4.79 Å². The van der Waals surface area contributed by atoms with E-state index < -0.39 is 12.1 Å². The summed E-state index contributed by atoms with van der Waals surface area (Å²) in [7, 11) is 0. The zero-order valence-corrected chi connectivity index (χ0v) is 19.9. The summed E-state index contributed by atoms with van der Waals surface area (Å²) in [5, 5.41) is 2.70. The maximum Gasteiger partial charge on any atom is 0.407 e. The number of nitrogens with zero attached hydrogens (tertiary/aromatic N) is 1. The summed E-state index contributed by atoms with van der Waals surface area (Å²) in [6.45, 7) is 2.58. The minimum absolute atomic E-state index is 0.204. The number of cyclic esters (lactones) is 1. The first-order valence-electron chi connectivity index (χ1n) is 9.48. The van der Waals surface area contributed by atoms with Crippen LogP contribution >= 0.6 is 31.9 Å². The zero-order valence-electron chi connectivity index (χ0n) is 16.7. The van der Waals surface area contributed by atoms with Crippen LogP contribution in [0.25, 0.3) is 6.08 Å². The number of hydrogen-bond acceptors (Lipinski definition) is 6. The molecule has 0 unspecified atom stereocenters. The molecule has 3 rings (SSSR count). The molecule has 0 atom stereocenters. The second-order valence-corrected chi connectivity index (χ2v) is 8.32. The van der Waals surface area contributed by atoms with E-state index in [1.807, 2.05) is 42.5 Å². The molecule has 0 radical (unpaired) electrons. The van der Waals surface area contributed by atoms with Crippen LogP contribution in [0.2, 0.25) is 0 Å². The molecule has 0 bridgehead atoms.